The zero-order valence-corrected chi connectivity index (χ0v) is 13.1. The number of thioether (sulfide) groups is 1. The van der Waals surface area contributed by atoms with Crippen molar-refractivity contribution in [1.29, 1.82) is 5.41 Å². The molecule has 0 saturated carbocycles. The Morgan fingerprint density at radius 1 is 1.50 bits per heavy atom. The Hall–Kier alpha value is -2.39. The Bertz CT molecular complexity index is 762. The number of hydrogen-bond donors (Lipinski definition) is 3. The van der Waals surface area contributed by atoms with Gasteiger partial charge in [-0.15, -0.1) is 11.8 Å². The highest BCUT2D eigenvalue weighted by molar-refractivity contribution is 8.13. The number of hydrogen-bond acceptors (Lipinski definition) is 7. The molecule has 1 heterocycles. The highest BCUT2D eigenvalue weighted by Crippen LogP contribution is 2.23. The molecule has 1 aromatic carbocycles. The van der Waals surface area contributed by atoms with Crippen molar-refractivity contribution in [3.63, 3.8) is 0 Å². The van der Waals surface area contributed by atoms with E-state index in [1.165, 1.54) is 27.3 Å². The fourth-order valence-corrected chi connectivity index (χ4v) is 2.70. The van der Waals surface area contributed by atoms with Crippen molar-refractivity contribution >= 4 is 16.8 Å². The molecule has 2 rings (SSSR count). The summed E-state index contributed by atoms with van der Waals surface area (Å²) in [5.74, 6) is 5.67. The monoisotopic (exact) mass is 319 g/mol. The topological polar surface area (TPSA) is 115 Å². The second-order valence-electron chi connectivity index (χ2n) is 4.52. The van der Waals surface area contributed by atoms with Gasteiger partial charge in [-0.2, -0.15) is 9.36 Å². The molecular formula is C13H17N7OS. The average molecular weight is 319 g/mol. The van der Waals surface area contributed by atoms with Crippen LogP contribution in [0.3, 0.4) is 0 Å². The van der Waals surface area contributed by atoms with E-state index < -0.39 is 0 Å². The lowest BCUT2D eigenvalue weighted by Crippen LogP contribution is -2.23. The lowest BCUT2D eigenvalue weighted by atomic mass is 10.1. The third-order valence-electron chi connectivity index (χ3n) is 3.04. The summed E-state index contributed by atoms with van der Waals surface area (Å²) in [5, 5.41) is 15.8. The summed E-state index contributed by atoms with van der Waals surface area (Å²) in [5.41, 5.74) is 4.69. The van der Waals surface area contributed by atoms with Crippen molar-refractivity contribution in [2.75, 3.05) is 0 Å². The smallest absolute Gasteiger partial charge is 0.331 e. The van der Waals surface area contributed by atoms with Crippen LogP contribution in [0.15, 0.2) is 35.3 Å². The fraction of sp³-hybridized carbons (Fsp3) is 0.231. The quantitative estimate of drug-likeness (QED) is 0.319. The Kier molecular flexibility index (Phi) is 5.12. The van der Waals surface area contributed by atoms with Gasteiger partial charge >= 0.3 is 5.69 Å². The summed E-state index contributed by atoms with van der Waals surface area (Å²) in [6.07, 6.45) is 3.05. The van der Waals surface area contributed by atoms with Crippen LogP contribution in [0.4, 0.5) is 0 Å². The van der Waals surface area contributed by atoms with E-state index in [0.717, 1.165) is 11.1 Å². The summed E-state index contributed by atoms with van der Waals surface area (Å²) >= 11 is 1.34. The number of nitrogens with two attached hydrogens (primary N) is 1. The van der Waals surface area contributed by atoms with Crippen molar-refractivity contribution in [2.24, 2.45) is 12.9 Å². The van der Waals surface area contributed by atoms with E-state index in [-0.39, 0.29) is 5.69 Å². The van der Waals surface area contributed by atoms with E-state index in [0.29, 0.717) is 16.5 Å². The highest BCUT2D eigenvalue weighted by atomic mass is 32.2. The molecule has 0 unspecified atom stereocenters. The minimum Gasteiger partial charge on any atom is -0.331 e. The molecule has 22 heavy (non-hydrogen) atoms. The summed E-state index contributed by atoms with van der Waals surface area (Å²) in [6.45, 7) is 1.96. The van der Waals surface area contributed by atoms with Gasteiger partial charge in [0.25, 0.3) is 0 Å². The molecular weight excluding hydrogens is 302 g/mol. The number of rotatable bonds is 5. The van der Waals surface area contributed by atoms with Crippen LogP contribution in [0, 0.1) is 12.3 Å². The average Bonchev–Trinajstić information content (AvgIpc) is 2.83. The fourth-order valence-electron chi connectivity index (χ4n) is 1.86. The van der Waals surface area contributed by atoms with Crippen molar-refractivity contribution in [1.82, 2.24) is 25.2 Å². The second kappa shape index (κ2) is 7.05. The molecule has 0 aliphatic rings. The van der Waals surface area contributed by atoms with Gasteiger partial charge in [-0.3, -0.25) is 11.3 Å². The van der Waals surface area contributed by atoms with Gasteiger partial charge in [0.05, 0.1) is 10.7 Å². The largest absolute Gasteiger partial charge is 0.368 e. The van der Waals surface area contributed by atoms with E-state index in [2.05, 4.69) is 15.9 Å². The van der Waals surface area contributed by atoms with Gasteiger partial charge in [-0.05, 0) is 40.6 Å². The van der Waals surface area contributed by atoms with Gasteiger partial charge in [0, 0.05) is 19.0 Å². The number of tetrazole rings is 1. The first kappa shape index (κ1) is 16.0. The molecule has 9 heteroatoms. The van der Waals surface area contributed by atoms with Gasteiger partial charge in [-0.25, -0.2) is 4.79 Å². The molecule has 0 aliphatic carbocycles. The second-order valence-corrected chi connectivity index (χ2v) is 5.54. The third-order valence-corrected chi connectivity index (χ3v) is 3.92. The Balaban J connectivity index is 2.32. The lowest BCUT2D eigenvalue weighted by Gasteiger charge is -2.10. The molecule has 116 valence electrons. The summed E-state index contributed by atoms with van der Waals surface area (Å²) in [6, 6.07) is 5.64. The van der Waals surface area contributed by atoms with Crippen molar-refractivity contribution in [3.8, 4) is 5.69 Å². The summed E-state index contributed by atoms with van der Waals surface area (Å²) in [4.78, 5) is 12.0. The van der Waals surface area contributed by atoms with Crippen LogP contribution in [-0.4, -0.2) is 24.8 Å². The number of aryl methyl sites for hydroxylation is 2. The Labute approximate surface area is 131 Å². The number of hydrazine groups is 1. The van der Waals surface area contributed by atoms with Crippen LogP contribution >= 0.6 is 11.8 Å². The number of nitrogens with one attached hydrogen (secondary N) is 2. The van der Waals surface area contributed by atoms with Crippen LogP contribution in [0.1, 0.15) is 11.1 Å². The molecule has 0 saturated heterocycles. The molecule has 0 amide bonds. The van der Waals surface area contributed by atoms with Crippen molar-refractivity contribution < 1.29 is 0 Å². The van der Waals surface area contributed by atoms with Gasteiger partial charge in [-0.1, -0.05) is 12.1 Å². The molecule has 0 atom stereocenters. The molecule has 0 fully saturated rings. The van der Waals surface area contributed by atoms with E-state index in [9.17, 15) is 4.79 Å². The molecule has 4 N–H and O–H groups in total. The lowest BCUT2D eigenvalue weighted by molar-refractivity contribution is 0.692. The third kappa shape index (κ3) is 3.43. The van der Waals surface area contributed by atoms with Crippen molar-refractivity contribution in [2.45, 2.75) is 12.7 Å². The molecule has 1 aromatic heterocycles. The van der Waals surface area contributed by atoms with E-state index >= 15 is 0 Å². The van der Waals surface area contributed by atoms with E-state index in [4.69, 9.17) is 11.3 Å². The maximum atomic E-state index is 12.0. The molecule has 8 nitrogen and oxygen atoms in total. The predicted molar refractivity (Wildman–Crippen MR) is 86.8 cm³/mol. The van der Waals surface area contributed by atoms with Crippen LogP contribution in [0.2, 0.25) is 0 Å². The standard InChI is InChI=1S/C13H17N7OS/c1-9-4-3-5-11(20-13(21)19(2)17-18-20)10(9)8-22-12(14)6-7-16-15/h3-7,14,16H,8,15H2,1-2H3/b7-6-,14-12?. The van der Waals surface area contributed by atoms with Gasteiger partial charge in [0.1, 0.15) is 0 Å². The van der Waals surface area contributed by atoms with Crippen molar-refractivity contribution in [3.05, 3.63) is 52.1 Å². The van der Waals surface area contributed by atoms with E-state index in [1.54, 1.807) is 13.1 Å². The molecule has 0 radical (unpaired) electrons. The van der Waals surface area contributed by atoms with E-state index in [1.807, 2.05) is 25.1 Å². The predicted octanol–water partition coefficient (Wildman–Crippen LogP) is 0.462. The first-order chi connectivity index (χ1) is 10.5. The van der Waals surface area contributed by atoms with Crippen LogP contribution in [0.5, 0.6) is 0 Å². The zero-order chi connectivity index (χ0) is 16.1. The first-order valence-electron chi connectivity index (χ1n) is 6.46. The van der Waals surface area contributed by atoms with Gasteiger partial charge in [0.2, 0.25) is 0 Å². The van der Waals surface area contributed by atoms with Gasteiger partial charge < -0.3 is 5.43 Å². The molecule has 2 aromatic rings. The number of aromatic nitrogens is 4. The minimum atomic E-state index is -0.306. The summed E-state index contributed by atoms with van der Waals surface area (Å²) < 4.78 is 2.45. The SMILES string of the molecule is Cc1cccc(-n2nnn(C)c2=O)c1CSC(=N)/C=C\NN. The van der Waals surface area contributed by atoms with Gasteiger partial charge in [0.15, 0.2) is 0 Å². The minimum absolute atomic E-state index is 0.306. The maximum Gasteiger partial charge on any atom is 0.368 e. The Morgan fingerprint density at radius 3 is 2.91 bits per heavy atom. The Morgan fingerprint density at radius 2 is 2.27 bits per heavy atom. The van der Waals surface area contributed by atoms with Crippen LogP contribution in [0.25, 0.3) is 5.69 Å². The van der Waals surface area contributed by atoms with Crippen LogP contribution < -0.4 is 17.0 Å². The molecule has 0 aliphatic heterocycles. The first-order valence-corrected chi connectivity index (χ1v) is 7.45. The normalized spacial score (nSPS) is 11.0. The summed E-state index contributed by atoms with van der Waals surface area (Å²) in [7, 11) is 1.55. The van der Waals surface area contributed by atoms with Crippen LogP contribution in [-0.2, 0) is 12.8 Å². The molecule has 0 bridgehead atoms. The number of benzene rings is 1. The zero-order valence-electron chi connectivity index (χ0n) is 12.3. The highest BCUT2D eigenvalue weighted by Gasteiger charge is 2.13. The molecule has 0 spiro atoms. The maximum absolute atomic E-state index is 12.0. The number of nitrogens with zero attached hydrogens (tertiary/aromatic N) is 4.